The van der Waals surface area contributed by atoms with Crippen molar-refractivity contribution >= 4 is 5.97 Å². The lowest BCUT2D eigenvalue weighted by molar-refractivity contribution is -0.134. The number of aromatic amines is 1. The lowest BCUT2D eigenvalue weighted by atomic mass is 9.89. The Kier molecular flexibility index (Phi) is 3.96. The van der Waals surface area contributed by atoms with Crippen LogP contribution in [0.15, 0.2) is 59.5 Å². The smallest absolute Gasteiger partial charge is 0.319 e. The largest absolute Gasteiger partial charge is 0.425 e. The van der Waals surface area contributed by atoms with E-state index >= 15 is 0 Å². The summed E-state index contributed by atoms with van der Waals surface area (Å²) in [6.45, 7) is 4.00. The van der Waals surface area contributed by atoms with Gasteiger partial charge in [-0.15, -0.1) is 0 Å². The number of fused-ring (bicyclic) bond motifs is 1. The highest BCUT2D eigenvalue weighted by atomic mass is 16.5. The molecule has 1 aliphatic rings. The molecule has 0 saturated heterocycles. The van der Waals surface area contributed by atoms with Gasteiger partial charge in [-0.25, -0.2) is 0 Å². The minimum absolute atomic E-state index is 0.196. The molecule has 1 atom stereocenters. The van der Waals surface area contributed by atoms with E-state index in [4.69, 9.17) is 4.74 Å². The number of pyridine rings is 1. The van der Waals surface area contributed by atoms with Crippen LogP contribution in [0.3, 0.4) is 0 Å². The maximum atomic E-state index is 12.6. The summed E-state index contributed by atoms with van der Waals surface area (Å²) in [5.74, 6) is -0.108. The van der Waals surface area contributed by atoms with Gasteiger partial charge in [0.25, 0.3) is 5.56 Å². The summed E-state index contributed by atoms with van der Waals surface area (Å²) in [7, 11) is 0. The Morgan fingerprint density at radius 2 is 1.73 bits per heavy atom. The molecule has 1 unspecified atom stereocenters. The summed E-state index contributed by atoms with van der Waals surface area (Å²) in [6.07, 6.45) is 2.17. The van der Waals surface area contributed by atoms with Gasteiger partial charge in [-0.2, -0.15) is 0 Å². The van der Waals surface area contributed by atoms with Crippen molar-refractivity contribution in [3.63, 3.8) is 0 Å². The predicted octanol–water partition coefficient (Wildman–Crippen LogP) is 3.90. The van der Waals surface area contributed by atoms with Crippen LogP contribution in [0.25, 0.3) is 11.1 Å². The molecule has 0 aliphatic carbocycles. The van der Waals surface area contributed by atoms with Gasteiger partial charge in [-0.05, 0) is 49.6 Å². The lowest BCUT2D eigenvalue weighted by Gasteiger charge is -2.10. The second kappa shape index (κ2) is 6.30. The predicted molar refractivity (Wildman–Crippen MR) is 100 cm³/mol. The number of aromatic nitrogens is 1. The number of ether oxygens (including phenoxy) is 1. The number of hydrogen-bond donors (Lipinski definition) is 1. The molecule has 4 rings (SSSR count). The third-order valence-electron chi connectivity index (χ3n) is 4.79. The molecule has 1 N–H and O–H groups in total. The number of benzene rings is 2. The molecule has 3 aromatic rings. The molecule has 0 amide bonds. The van der Waals surface area contributed by atoms with E-state index in [0.717, 1.165) is 16.7 Å². The van der Waals surface area contributed by atoms with Crippen molar-refractivity contribution < 1.29 is 9.53 Å². The number of H-pyrrole nitrogens is 1. The van der Waals surface area contributed by atoms with Gasteiger partial charge in [0.05, 0.1) is 11.5 Å². The quantitative estimate of drug-likeness (QED) is 0.578. The van der Waals surface area contributed by atoms with Crippen LogP contribution in [0.1, 0.15) is 28.2 Å². The Morgan fingerprint density at radius 1 is 0.962 bits per heavy atom. The Hall–Kier alpha value is -3.14. The molecule has 2 heterocycles. The van der Waals surface area contributed by atoms with E-state index in [1.807, 2.05) is 50.2 Å². The van der Waals surface area contributed by atoms with Crippen LogP contribution in [0.4, 0.5) is 0 Å². The Bertz CT molecular complexity index is 1050. The van der Waals surface area contributed by atoms with Crippen LogP contribution in [-0.2, 0) is 11.2 Å². The summed E-state index contributed by atoms with van der Waals surface area (Å²) < 4.78 is 5.62. The molecular weight excluding hydrogens is 326 g/mol. The van der Waals surface area contributed by atoms with Crippen molar-refractivity contribution in [2.75, 3.05) is 0 Å². The number of rotatable bonds is 3. The molecule has 0 fully saturated rings. The maximum Gasteiger partial charge on any atom is 0.319 e. The number of esters is 1. The van der Waals surface area contributed by atoms with E-state index in [0.29, 0.717) is 23.3 Å². The van der Waals surface area contributed by atoms with Gasteiger partial charge in [0.15, 0.2) is 0 Å². The zero-order valence-corrected chi connectivity index (χ0v) is 14.7. The third-order valence-corrected chi connectivity index (χ3v) is 4.79. The second-order valence-electron chi connectivity index (χ2n) is 6.81. The van der Waals surface area contributed by atoms with Crippen LogP contribution < -0.4 is 10.3 Å². The summed E-state index contributed by atoms with van der Waals surface area (Å²) in [5.41, 5.74) is 5.11. The molecule has 4 heteroatoms. The zero-order chi connectivity index (χ0) is 18.3. The van der Waals surface area contributed by atoms with Crippen molar-refractivity contribution in [1.82, 2.24) is 4.98 Å². The van der Waals surface area contributed by atoms with Crippen LogP contribution >= 0.6 is 0 Å². The minimum atomic E-state index is -0.353. The van der Waals surface area contributed by atoms with Crippen molar-refractivity contribution in [2.45, 2.75) is 26.2 Å². The standard InChI is InChI=1S/C22H19NO3/c1-13-5-7-15(8-6-13)12-19-18-11-14(2)10-17(20(18)26-22(19)25)16-4-3-9-23-21(16)24/h3-11,19H,12H2,1-2H3,(H,23,24). The molecule has 1 aromatic heterocycles. The second-order valence-corrected chi connectivity index (χ2v) is 6.81. The Morgan fingerprint density at radius 3 is 2.46 bits per heavy atom. The van der Waals surface area contributed by atoms with Crippen LogP contribution in [-0.4, -0.2) is 11.0 Å². The molecule has 0 saturated carbocycles. The third kappa shape index (κ3) is 2.84. The van der Waals surface area contributed by atoms with Crippen molar-refractivity contribution in [3.8, 4) is 16.9 Å². The van der Waals surface area contributed by atoms with E-state index in [1.54, 1.807) is 18.3 Å². The topological polar surface area (TPSA) is 59.2 Å². The Balaban J connectivity index is 1.80. The number of carbonyl (C=O) groups excluding carboxylic acids is 1. The van der Waals surface area contributed by atoms with Crippen molar-refractivity contribution in [3.05, 3.63) is 87.3 Å². The SMILES string of the molecule is Cc1ccc(CC2C(=O)Oc3c(-c4ccc[nH]c4=O)cc(C)cc32)cc1. The average molecular weight is 345 g/mol. The fourth-order valence-electron chi connectivity index (χ4n) is 3.46. The molecular formula is C22H19NO3. The van der Waals surface area contributed by atoms with Gasteiger partial charge in [-0.1, -0.05) is 35.9 Å². The summed E-state index contributed by atoms with van der Waals surface area (Å²) in [6, 6.07) is 15.6. The fraction of sp³-hybridized carbons (Fsp3) is 0.182. The number of aryl methyl sites for hydroxylation is 2. The highest BCUT2D eigenvalue weighted by Gasteiger charge is 2.35. The molecule has 0 spiro atoms. The van der Waals surface area contributed by atoms with Gasteiger partial charge in [0, 0.05) is 17.3 Å². The van der Waals surface area contributed by atoms with E-state index in [2.05, 4.69) is 4.98 Å². The van der Waals surface area contributed by atoms with E-state index < -0.39 is 0 Å². The van der Waals surface area contributed by atoms with Crippen LogP contribution in [0.5, 0.6) is 5.75 Å². The first-order chi connectivity index (χ1) is 12.5. The van der Waals surface area contributed by atoms with Gasteiger partial charge in [0.2, 0.25) is 0 Å². The summed E-state index contributed by atoms with van der Waals surface area (Å²) >= 11 is 0. The lowest BCUT2D eigenvalue weighted by Crippen LogP contribution is -2.12. The average Bonchev–Trinajstić information content (AvgIpc) is 2.92. The minimum Gasteiger partial charge on any atom is -0.425 e. The van der Waals surface area contributed by atoms with E-state index in [9.17, 15) is 9.59 Å². The highest BCUT2D eigenvalue weighted by Crippen LogP contribution is 2.43. The maximum absolute atomic E-state index is 12.6. The molecule has 26 heavy (non-hydrogen) atoms. The van der Waals surface area contributed by atoms with E-state index in [-0.39, 0.29) is 17.4 Å². The molecule has 130 valence electrons. The number of nitrogens with one attached hydrogen (secondary N) is 1. The summed E-state index contributed by atoms with van der Waals surface area (Å²) in [5, 5.41) is 0. The number of carbonyl (C=O) groups is 1. The van der Waals surface area contributed by atoms with Gasteiger partial charge >= 0.3 is 5.97 Å². The molecule has 2 aromatic carbocycles. The van der Waals surface area contributed by atoms with Gasteiger partial charge < -0.3 is 9.72 Å². The number of hydrogen-bond acceptors (Lipinski definition) is 3. The molecule has 1 aliphatic heterocycles. The van der Waals surface area contributed by atoms with Crippen molar-refractivity contribution in [1.29, 1.82) is 0 Å². The molecule has 4 nitrogen and oxygen atoms in total. The highest BCUT2D eigenvalue weighted by molar-refractivity contribution is 5.91. The van der Waals surface area contributed by atoms with Gasteiger partial charge in [0.1, 0.15) is 5.75 Å². The van der Waals surface area contributed by atoms with E-state index in [1.165, 1.54) is 5.56 Å². The Labute approximate surface area is 151 Å². The zero-order valence-electron chi connectivity index (χ0n) is 14.7. The van der Waals surface area contributed by atoms with Crippen LogP contribution in [0, 0.1) is 13.8 Å². The van der Waals surface area contributed by atoms with Crippen molar-refractivity contribution in [2.24, 2.45) is 0 Å². The normalized spacial score (nSPS) is 15.6. The van der Waals surface area contributed by atoms with Gasteiger partial charge in [-0.3, -0.25) is 9.59 Å². The first-order valence-corrected chi connectivity index (χ1v) is 8.63. The fourth-order valence-corrected chi connectivity index (χ4v) is 3.46. The summed E-state index contributed by atoms with van der Waals surface area (Å²) in [4.78, 5) is 27.5. The first kappa shape index (κ1) is 16.3. The molecule has 0 bridgehead atoms. The van der Waals surface area contributed by atoms with Crippen LogP contribution in [0.2, 0.25) is 0 Å². The first-order valence-electron chi connectivity index (χ1n) is 8.63. The monoisotopic (exact) mass is 345 g/mol. The molecule has 0 radical (unpaired) electrons.